The third kappa shape index (κ3) is 7.69. The first-order chi connectivity index (χ1) is 9.01. The van der Waals surface area contributed by atoms with Gasteiger partial charge in [-0.1, -0.05) is 18.2 Å². The summed E-state index contributed by atoms with van der Waals surface area (Å²) in [5, 5.41) is 0. The van der Waals surface area contributed by atoms with Crippen molar-refractivity contribution in [1.82, 2.24) is 4.90 Å². The molecule has 0 amide bonds. The molecule has 0 aromatic heterocycles. The van der Waals surface area contributed by atoms with Crippen LogP contribution in [0.1, 0.15) is 6.42 Å². The number of benzene rings is 1. The summed E-state index contributed by atoms with van der Waals surface area (Å²) in [7, 11) is 0. The van der Waals surface area contributed by atoms with E-state index in [0.717, 1.165) is 5.75 Å². The minimum atomic E-state index is -4.19. The zero-order valence-corrected chi connectivity index (χ0v) is 10.7. The number of nitrogens with zero attached hydrogens (tertiary/aromatic N) is 1. The molecule has 19 heavy (non-hydrogen) atoms. The fourth-order valence-corrected chi connectivity index (χ4v) is 1.70. The monoisotopic (exact) mass is 276 g/mol. The molecule has 0 fully saturated rings. The van der Waals surface area contributed by atoms with Crippen molar-refractivity contribution in [2.75, 3.05) is 32.8 Å². The van der Waals surface area contributed by atoms with E-state index in [1.165, 1.54) is 4.90 Å². The highest BCUT2D eigenvalue weighted by Gasteiger charge is 2.30. The van der Waals surface area contributed by atoms with Crippen molar-refractivity contribution in [3.05, 3.63) is 30.3 Å². The van der Waals surface area contributed by atoms with Crippen LogP contribution in [0.2, 0.25) is 0 Å². The number of ether oxygens (including phenoxy) is 1. The number of para-hydroxylation sites is 1. The first-order valence-corrected chi connectivity index (χ1v) is 6.18. The summed E-state index contributed by atoms with van der Waals surface area (Å²) >= 11 is 0. The molecule has 0 aliphatic carbocycles. The van der Waals surface area contributed by atoms with Gasteiger partial charge in [-0.25, -0.2) is 0 Å². The van der Waals surface area contributed by atoms with Gasteiger partial charge in [0.05, 0.1) is 13.2 Å². The highest BCUT2D eigenvalue weighted by molar-refractivity contribution is 5.20. The summed E-state index contributed by atoms with van der Waals surface area (Å²) in [4.78, 5) is 1.30. The van der Waals surface area contributed by atoms with Crippen molar-refractivity contribution in [2.24, 2.45) is 5.73 Å². The lowest BCUT2D eigenvalue weighted by Crippen LogP contribution is -2.38. The van der Waals surface area contributed by atoms with Crippen LogP contribution in [-0.2, 0) is 0 Å². The maximum Gasteiger partial charge on any atom is 0.401 e. The lowest BCUT2D eigenvalue weighted by molar-refractivity contribution is -0.145. The molecule has 0 radical (unpaired) electrons. The first kappa shape index (κ1) is 15.8. The predicted molar refractivity (Wildman–Crippen MR) is 68.1 cm³/mol. The molecule has 1 rings (SSSR count). The van der Waals surface area contributed by atoms with Gasteiger partial charge in [0.15, 0.2) is 0 Å². The van der Waals surface area contributed by atoms with Gasteiger partial charge in [-0.15, -0.1) is 0 Å². The fraction of sp³-hybridized carbons (Fsp3) is 0.538. The van der Waals surface area contributed by atoms with Gasteiger partial charge in [0, 0.05) is 19.6 Å². The Kier molecular flexibility index (Phi) is 6.66. The molecule has 3 nitrogen and oxygen atoms in total. The van der Waals surface area contributed by atoms with E-state index in [2.05, 4.69) is 0 Å². The van der Waals surface area contributed by atoms with Crippen molar-refractivity contribution in [1.29, 1.82) is 0 Å². The predicted octanol–water partition coefficient (Wildman–Crippen LogP) is 2.28. The topological polar surface area (TPSA) is 38.5 Å². The Balaban J connectivity index is 2.24. The van der Waals surface area contributed by atoms with E-state index in [0.29, 0.717) is 19.6 Å². The molecule has 0 saturated heterocycles. The Morgan fingerprint density at radius 3 is 2.37 bits per heavy atom. The largest absolute Gasteiger partial charge is 0.494 e. The molecule has 1 aromatic carbocycles. The van der Waals surface area contributed by atoms with Gasteiger partial charge < -0.3 is 10.5 Å². The van der Waals surface area contributed by atoms with E-state index in [9.17, 15) is 13.2 Å². The van der Waals surface area contributed by atoms with Crippen molar-refractivity contribution in [3.8, 4) is 5.75 Å². The van der Waals surface area contributed by atoms with Crippen LogP contribution in [0, 0.1) is 0 Å². The van der Waals surface area contributed by atoms with E-state index >= 15 is 0 Å². The minimum absolute atomic E-state index is 0.218. The first-order valence-electron chi connectivity index (χ1n) is 6.18. The molecule has 0 spiro atoms. The standard InChI is InChI=1S/C13H19F3N2O/c14-13(15,16)11-18(9-7-17)8-4-10-19-12-5-2-1-3-6-12/h1-3,5-6H,4,7-11,17H2. The van der Waals surface area contributed by atoms with Crippen LogP contribution in [0.4, 0.5) is 13.2 Å². The molecule has 2 N–H and O–H groups in total. The maximum absolute atomic E-state index is 12.3. The lowest BCUT2D eigenvalue weighted by Gasteiger charge is -2.22. The van der Waals surface area contributed by atoms with Crippen molar-refractivity contribution in [2.45, 2.75) is 12.6 Å². The average molecular weight is 276 g/mol. The van der Waals surface area contributed by atoms with Crippen molar-refractivity contribution >= 4 is 0 Å². The average Bonchev–Trinajstić information content (AvgIpc) is 2.34. The Labute approximate surface area is 111 Å². The van der Waals surface area contributed by atoms with E-state index in [4.69, 9.17) is 10.5 Å². The van der Waals surface area contributed by atoms with Crippen molar-refractivity contribution in [3.63, 3.8) is 0 Å². The molecule has 6 heteroatoms. The molecule has 0 saturated carbocycles. The molecule has 0 heterocycles. The Morgan fingerprint density at radius 2 is 1.79 bits per heavy atom. The fourth-order valence-electron chi connectivity index (χ4n) is 1.70. The van der Waals surface area contributed by atoms with Crippen LogP contribution in [-0.4, -0.2) is 43.9 Å². The maximum atomic E-state index is 12.3. The van der Waals surface area contributed by atoms with Gasteiger partial charge in [-0.3, -0.25) is 4.90 Å². The molecule has 0 bridgehead atoms. The van der Waals surface area contributed by atoms with Gasteiger partial charge in [0.1, 0.15) is 5.75 Å². The van der Waals surface area contributed by atoms with Crippen LogP contribution in [0.5, 0.6) is 5.75 Å². The van der Waals surface area contributed by atoms with Crippen LogP contribution < -0.4 is 10.5 Å². The van der Waals surface area contributed by atoms with E-state index in [1.807, 2.05) is 30.3 Å². The van der Waals surface area contributed by atoms with E-state index in [-0.39, 0.29) is 13.1 Å². The molecule has 0 unspecified atom stereocenters. The van der Waals surface area contributed by atoms with Gasteiger partial charge in [-0.2, -0.15) is 13.2 Å². The summed E-state index contributed by atoms with van der Waals surface area (Å²) in [6.45, 7) is 0.252. The zero-order valence-electron chi connectivity index (χ0n) is 10.7. The quantitative estimate of drug-likeness (QED) is 0.740. The number of nitrogens with two attached hydrogens (primary N) is 1. The molecule has 0 atom stereocenters. The molecular formula is C13H19F3N2O. The normalized spacial score (nSPS) is 11.8. The molecular weight excluding hydrogens is 257 g/mol. The summed E-state index contributed by atoms with van der Waals surface area (Å²) in [5.41, 5.74) is 5.30. The van der Waals surface area contributed by atoms with Crippen LogP contribution in [0.15, 0.2) is 30.3 Å². The Morgan fingerprint density at radius 1 is 1.11 bits per heavy atom. The number of halogens is 3. The van der Waals surface area contributed by atoms with E-state index in [1.54, 1.807) is 0 Å². The molecule has 1 aromatic rings. The van der Waals surface area contributed by atoms with Gasteiger partial charge in [0.25, 0.3) is 0 Å². The van der Waals surface area contributed by atoms with Crippen LogP contribution in [0.25, 0.3) is 0 Å². The number of rotatable bonds is 8. The minimum Gasteiger partial charge on any atom is -0.494 e. The molecule has 0 aliphatic rings. The van der Waals surface area contributed by atoms with Gasteiger partial charge >= 0.3 is 6.18 Å². The third-order valence-electron chi connectivity index (χ3n) is 2.48. The van der Waals surface area contributed by atoms with Crippen molar-refractivity contribution < 1.29 is 17.9 Å². The van der Waals surface area contributed by atoms with Gasteiger partial charge in [-0.05, 0) is 18.6 Å². The number of hydrogen-bond donors (Lipinski definition) is 1. The zero-order chi connectivity index (χ0) is 14.1. The van der Waals surface area contributed by atoms with E-state index < -0.39 is 12.7 Å². The Hall–Kier alpha value is -1.27. The summed E-state index contributed by atoms with van der Waals surface area (Å²) in [6, 6.07) is 9.19. The smallest absolute Gasteiger partial charge is 0.401 e. The Bertz CT molecular complexity index is 343. The highest BCUT2D eigenvalue weighted by atomic mass is 19.4. The highest BCUT2D eigenvalue weighted by Crippen LogP contribution is 2.16. The second-order valence-corrected chi connectivity index (χ2v) is 4.20. The number of hydrogen-bond acceptors (Lipinski definition) is 3. The lowest BCUT2D eigenvalue weighted by atomic mass is 10.3. The summed E-state index contributed by atoms with van der Waals surface area (Å²) in [5.74, 6) is 0.726. The van der Waals surface area contributed by atoms with Gasteiger partial charge in [0.2, 0.25) is 0 Å². The van der Waals surface area contributed by atoms with Crippen LogP contribution >= 0.6 is 0 Å². The number of alkyl halides is 3. The molecule has 0 aliphatic heterocycles. The summed E-state index contributed by atoms with van der Waals surface area (Å²) < 4.78 is 42.3. The SMILES string of the molecule is NCCN(CCCOc1ccccc1)CC(F)(F)F. The third-order valence-corrected chi connectivity index (χ3v) is 2.48. The summed E-state index contributed by atoms with van der Waals surface area (Å²) in [6.07, 6.45) is -3.65. The second-order valence-electron chi connectivity index (χ2n) is 4.20. The second kappa shape index (κ2) is 8.01. The molecule has 108 valence electrons. The van der Waals surface area contributed by atoms with Crippen LogP contribution in [0.3, 0.4) is 0 Å².